The molecule has 0 fully saturated rings. The van der Waals surface area contributed by atoms with E-state index >= 15 is 0 Å². The Morgan fingerprint density at radius 3 is 2.25 bits per heavy atom. The first-order chi connectivity index (χ1) is 15.3. The number of methoxy groups -OCH3 is 1. The fraction of sp³-hybridized carbons (Fsp3) is 0.130. The number of carbonyl (C=O) groups excluding carboxylic acids is 1. The van der Waals surface area contributed by atoms with Crippen LogP contribution in [0.5, 0.6) is 5.75 Å². The fourth-order valence-electron chi connectivity index (χ4n) is 2.79. The lowest BCUT2D eigenvalue weighted by atomic mass is 10.2. The Labute approximate surface area is 195 Å². The SMILES string of the molecule is COc1ccc(N(CC(=O)N/N=C\c2ccc(Br)cc2)S(=O)(=O)c2ccc(C)cc2)cc1. The maximum Gasteiger partial charge on any atom is 0.264 e. The number of benzene rings is 3. The molecule has 3 rings (SSSR count). The Balaban J connectivity index is 1.83. The number of hydrogen-bond acceptors (Lipinski definition) is 5. The molecule has 0 aliphatic carbocycles. The van der Waals surface area contributed by atoms with Gasteiger partial charge in [0.25, 0.3) is 15.9 Å². The van der Waals surface area contributed by atoms with Gasteiger partial charge in [-0.1, -0.05) is 45.8 Å². The van der Waals surface area contributed by atoms with Gasteiger partial charge in [0.2, 0.25) is 0 Å². The number of carbonyl (C=O) groups is 1. The average Bonchev–Trinajstić information content (AvgIpc) is 2.79. The number of hydrazone groups is 1. The number of amides is 1. The molecule has 1 amide bonds. The van der Waals surface area contributed by atoms with Crippen LogP contribution in [0.2, 0.25) is 0 Å². The minimum Gasteiger partial charge on any atom is -0.497 e. The summed E-state index contributed by atoms with van der Waals surface area (Å²) < 4.78 is 33.8. The summed E-state index contributed by atoms with van der Waals surface area (Å²) in [5.74, 6) is -0.00477. The monoisotopic (exact) mass is 515 g/mol. The van der Waals surface area contributed by atoms with Crippen molar-refractivity contribution in [2.24, 2.45) is 5.10 Å². The van der Waals surface area contributed by atoms with Crippen LogP contribution in [-0.4, -0.2) is 34.2 Å². The summed E-state index contributed by atoms with van der Waals surface area (Å²) in [5.41, 5.74) is 4.44. The number of ether oxygens (including phenoxy) is 1. The lowest BCUT2D eigenvalue weighted by molar-refractivity contribution is -0.119. The summed E-state index contributed by atoms with van der Waals surface area (Å²) in [7, 11) is -2.47. The van der Waals surface area contributed by atoms with Gasteiger partial charge in [0.1, 0.15) is 12.3 Å². The van der Waals surface area contributed by atoms with Crippen molar-refractivity contribution >= 4 is 43.8 Å². The molecular formula is C23H22BrN3O4S. The predicted molar refractivity (Wildman–Crippen MR) is 129 cm³/mol. The first-order valence-corrected chi connectivity index (χ1v) is 11.8. The minimum absolute atomic E-state index is 0.0880. The molecule has 0 saturated carbocycles. The average molecular weight is 516 g/mol. The second kappa shape index (κ2) is 10.4. The predicted octanol–water partition coefficient (Wildman–Crippen LogP) is 4.11. The number of halogens is 1. The lowest BCUT2D eigenvalue weighted by Crippen LogP contribution is -2.39. The summed E-state index contributed by atoms with van der Waals surface area (Å²) in [6.45, 7) is 1.43. The van der Waals surface area contributed by atoms with Gasteiger partial charge in [-0.25, -0.2) is 13.8 Å². The van der Waals surface area contributed by atoms with Crippen LogP contribution in [0.25, 0.3) is 0 Å². The van der Waals surface area contributed by atoms with Gasteiger partial charge < -0.3 is 4.74 Å². The van der Waals surface area contributed by atoms with E-state index in [4.69, 9.17) is 4.74 Å². The number of rotatable bonds is 8. The van der Waals surface area contributed by atoms with Gasteiger partial charge in [-0.05, 0) is 61.0 Å². The number of nitrogens with one attached hydrogen (secondary N) is 1. The van der Waals surface area contributed by atoms with Crippen molar-refractivity contribution in [3.05, 3.63) is 88.4 Å². The summed E-state index contributed by atoms with van der Waals surface area (Å²) >= 11 is 3.35. The van der Waals surface area contributed by atoms with Gasteiger partial charge in [-0.15, -0.1) is 0 Å². The molecule has 3 aromatic carbocycles. The molecule has 9 heteroatoms. The van der Waals surface area contributed by atoms with Crippen LogP contribution in [0.3, 0.4) is 0 Å². The topological polar surface area (TPSA) is 88.1 Å². The Bertz CT molecular complexity index is 1190. The Morgan fingerprint density at radius 2 is 1.66 bits per heavy atom. The molecule has 0 bridgehead atoms. The Kier molecular flexibility index (Phi) is 7.66. The number of aryl methyl sites for hydroxylation is 1. The fourth-order valence-corrected chi connectivity index (χ4v) is 4.48. The zero-order valence-electron chi connectivity index (χ0n) is 17.5. The Hall–Kier alpha value is -3.17. The quantitative estimate of drug-likeness (QED) is 0.361. The molecule has 32 heavy (non-hydrogen) atoms. The second-order valence-electron chi connectivity index (χ2n) is 6.87. The maximum atomic E-state index is 13.3. The van der Waals surface area contributed by atoms with Gasteiger partial charge in [0.15, 0.2) is 0 Å². The minimum atomic E-state index is -3.99. The van der Waals surface area contributed by atoms with Gasteiger partial charge in [0, 0.05) is 4.47 Å². The maximum absolute atomic E-state index is 13.3. The highest BCUT2D eigenvalue weighted by molar-refractivity contribution is 9.10. The van der Waals surface area contributed by atoms with E-state index in [0.29, 0.717) is 11.4 Å². The number of nitrogens with zero attached hydrogens (tertiary/aromatic N) is 2. The van der Waals surface area contributed by atoms with Crippen LogP contribution in [0.4, 0.5) is 5.69 Å². The second-order valence-corrected chi connectivity index (χ2v) is 9.65. The van der Waals surface area contributed by atoms with Crippen molar-refractivity contribution in [3.63, 3.8) is 0 Å². The van der Waals surface area contributed by atoms with Gasteiger partial charge in [-0.2, -0.15) is 5.10 Å². The molecule has 0 atom stereocenters. The van der Waals surface area contributed by atoms with Crippen molar-refractivity contribution in [2.75, 3.05) is 18.0 Å². The van der Waals surface area contributed by atoms with E-state index in [1.165, 1.54) is 25.5 Å². The highest BCUT2D eigenvalue weighted by Gasteiger charge is 2.27. The summed E-state index contributed by atoms with van der Waals surface area (Å²) in [6, 6.07) is 20.2. The van der Waals surface area contributed by atoms with E-state index in [0.717, 1.165) is 19.9 Å². The molecule has 0 heterocycles. The van der Waals surface area contributed by atoms with Crippen molar-refractivity contribution in [1.29, 1.82) is 0 Å². The summed E-state index contributed by atoms with van der Waals surface area (Å²) in [5, 5.41) is 3.93. The van der Waals surface area contributed by atoms with Gasteiger partial charge in [-0.3, -0.25) is 9.10 Å². The third-order valence-electron chi connectivity index (χ3n) is 4.53. The molecule has 0 spiro atoms. The normalized spacial score (nSPS) is 11.3. The lowest BCUT2D eigenvalue weighted by Gasteiger charge is -2.24. The molecule has 0 aromatic heterocycles. The molecule has 0 aliphatic heterocycles. The van der Waals surface area contributed by atoms with Crippen LogP contribution in [0.15, 0.2) is 87.3 Å². The zero-order chi connectivity index (χ0) is 23.1. The summed E-state index contributed by atoms with van der Waals surface area (Å²) in [4.78, 5) is 12.7. The highest BCUT2D eigenvalue weighted by Crippen LogP contribution is 2.26. The summed E-state index contributed by atoms with van der Waals surface area (Å²) in [6.07, 6.45) is 1.48. The van der Waals surface area contributed by atoms with E-state index in [-0.39, 0.29) is 4.90 Å². The van der Waals surface area contributed by atoms with E-state index < -0.39 is 22.5 Å². The molecule has 0 radical (unpaired) electrons. The molecule has 0 aliphatic rings. The molecule has 0 unspecified atom stereocenters. The van der Waals surface area contributed by atoms with Gasteiger partial charge >= 0.3 is 0 Å². The van der Waals surface area contributed by atoms with Crippen LogP contribution in [-0.2, 0) is 14.8 Å². The molecule has 0 saturated heterocycles. The van der Waals surface area contributed by atoms with E-state index in [1.54, 1.807) is 36.4 Å². The van der Waals surface area contributed by atoms with Crippen molar-refractivity contribution < 1.29 is 17.9 Å². The van der Waals surface area contributed by atoms with Crippen LogP contribution < -0.4 is 14.5 Å². The van der Waals surface area contributed by atoms with Crippen LogP contribution >= 0.6 is 15.9 Å². The first kappa shape index (κ1) is 23.5. The largest absolute Gasteiger partial charge is 0.497 e. The molecular weight excluding hydrogens is 494 g/mol. The number of sulfonamides is 1. The smallest absolute Gasteiger partial charge is 0.264 e. The number of anilines is 1. The zero-order valence-corrected chi connectivity index (χ0v) is 19.9. The third kappa shape index (κ3) is 5.95. The van der Waals surface area contributed by atoms with E-state index in [1.807, 2.05) is 31.2 Å². The van der Waals surface area contributed by atoms with Crippen molar-refractivity contribution in [2.45, 2.75) is 11.8 Å². The standard InChI is InChI=1S/C23H22BrN3O4S/c1-17-3-13-22(14-4-17)32(29,30)27(20-9-11-21(31-2)12-10-20)16-23(28)26-25-15-18-5-7-19(24)8-6-18/h3-15H,16H2,1-2H3,(H,26,28)/b25-15-. The van der Waals surface area contributed by atoms with Gasteiger partial charge in [0.05, 0.1) is 23.9 Å². The van der Waals surface area contributed by atoms with Crippen LogP contribution in [0.1, 0.15) is 11.1 Å². The number of hydrogen-bond donors (Lipinski definition) is 1. The first-order valence-electron chi connectivity index (χ1n) is 9.60. The van der Waals surface area contributed by atoms with Crippen molar-refractivity contribution in [3.8, 4) is 5.75 Å². The van der Waals surface area contributed by atoms with E-state index in [2.05, 4.69) is 26.5 Å². The van der Waals surface area contributed by atoms with Crippen molar-refractivity contribution in [1.82, 2.24) is 5.43 Å². The molecule has 1 N–H and O–H groups in total. The molecule has 3 aromatic rings. The molecule has 166 valence electrons. The van der Waals surface area contributed by atoms with Crippen LogP contribution in [0, 0.1) is 6.92 Å². The third-order valence-corrected chi connectivity index (χ3v) is 6.85. The Morgan fingerprint density at radius 1 is 1.03 bits per heavy atom. The molecule has 7 nitrogen and oxygen atoms in total. The highest BCUT2D eigenvalue weighted by atomic mass is 79.9. The van der Waals surface area contributed by atoms with E-state index in [9.17, 15) is 13.2 Å².